The Kier molecular flexibility index (Phi) is 5.79. The van der Waals surface area contributed by atoms with E-state index in [2.05, 4.69) is 26.2 Å². The quantitative estimate of drug-likeness (QED) is 0.157. The summed E-state index contributed by atoms with van der Waals surface area (Å²) >= 11 is 0. The number of aromatic nitrogens is 2. The smallest absolute Gasteiger partial charge is 0.241 e. The molecule has 0 saturated carbocycles. The van der Waals surface area contributed by atoms with Crippen LogP contribution in [0.5, 0.6) is 0 Å². The Morgan fingerprint density at radius 3 is 1.56 bits per heavy atom. The van der Waals surface area contributed by atoms with Crippen LogP contribution in [0, 0.1) is 20.1 Å². The maximum absolute atomic E-state index is 13.1. The largest absolute Gasteiger partial charge is 0.416 e. The molecule has 7 aromatic rings. The van der Waals surface area contributed by atoms with Gasteiger partial charge in [-0.05, 0) is 53.4 Å². The predicted molar refractivity (Wildman–Crippen MR) is 159 cm³/mol. The first-order valence-electron chi connectivity index (χ1n) is 13.1. The van der Waals surface area contributed by atoms with Crippen molar-refractivity contribution in [3.63, 3.8) is 0 Å². The molecule has 43 heavy (non-hydrogen) atoms. The van der Waals surface area contributed by atoms with Crippen LogP contribution in [-0.2, 0) is 6.18 Å². The molecule has 0 saturated heterocycles. The van der Waals surface area contributed by atoms with Crippen molar-refractivity contribution in [3.05, 3.63) is 130 Å². The Bertz CT molecular complexity index is 2470. The standard InChI is InChI=1S/C34H17F3N6/c1-18-5-4-6-20(15-18)22-10-14-25-27(17-22)31(43-39-3)33-29(25)41-32-28(40-33)24-13-9-21(16-26(24)30(32)42-38-2)19-7-11-23(12-8-19)34(35,36)37/h4-17H,1H3/b42-30-,43-31+. The fourth-order valence-electron chi connectivity index (χ4n) is 5.63. The predicted octanol–water partition coefficient (Wildman–Crippen LogP) is 8.10. The first-order valence-corrected chi connectivity index (χ1v) is 13.1. The molecule has 1 heterocycles. The third kappa shape index (κ3) is 4.18. The minimum Gasteiger partial charge on any atom is -0.241 e. The van der Waals surface area contributed by atoms with Crippen LogP contribution in [-0.4, -0.2) is 9.97 Å². The molecule has 6 nitrogen and oxygen atoms in total. The van der Waals surface area contributed by atoms with E-state index in [0.717, 1.165) is 39.6 Å². The van der Waals surface area contributed by atoms with Crippen LogP contribution in [0.25, 0.3) is 75.8 Å². The van der Waals surface area contributed by atoms with Crippen molar-refractivity contribution < 1.29 is 13.2 Å². The molecule has 1 aromatic heterocycles. The van der Waals surface area contributed by atoms with Gasteiger partial charge in [0.15, 0.2) is 10.7 Å². The van der Waals surface area contributed by atoms with Gasteiger partial charge in [0.25, 0.3) is 0 Å². The zero-order valence-electron chi connectivity index (χ0n) is 22.4. The minimum atomic E-state index is -4.43. The van der Waals surface area contributed by atoms with Crippen molar-refractivity contribution in [2.75, 3.05) is 0 Å². The molecule has 0 unspecified atom stereocenters. The summed E-state index contributed by atoms with van der Waals surface area (Å²) in [5.41, 5.74) is 5.58. The minimum absolute atomic E-state index is 0.331. The molecule has 0 N–H and O–H groups in total. The number of aryl methyl sites for hydroxylation is 1. The average molecular weight is 567 g/mol. The maximum Gasteiger partial charge on any atom is 0.416 e. The van der Waals surface area contributed by atoms with Gasteiger partial charge in [0.1, 0.15) is 11.0 Å². The average Bonchev–Trinajstić information content (AvgIpc) is 3.47. The van der Waals surface area contributed by atoms with Gasteiger partial charge in [-0.1, -0.05) is 66.2 Å². The van der Waals surface area contributed by atoms with E-state index in [1.807, 2.05) is 43.3 Å². The zero-order chi connectivity index (χ0) is 29.9. The highest BCUT2D eigenvalue weighted by atomic mass is 19.4. The summed E-state index contributed by atoms with van der Waals surface area (Å²) < 4.78 is 39.3. The fourth-order valence-corrected chi connectivity index (χ4v) is 5.63. The van der Waals surface area contributed by atoms with E-state index in [9.17, 15) is 13.2 Å². The molecule has 9 heteroatoms. The molecule has 204 valence electrons. The second-order valence-corrected chi connectivity index (χ2v) is 10.2. The molecule has 0 aliphatic heterocycles. The Morgan fingerprint density at radius 1 is 0.581 bits per heavy atom. The fraction of sp³-hybridized carbons (Fsp3) is 0.0588. The normalized spacial score (nSPS) is 12.9. The van der Waals surface area contributed by atoms with Crippen LogP contribution in [0.15, 0.2) is 95.1 Å². The lowest BCUT2D eigenvalue weighted by molar-refractivity contribution is -0.137. The number of hydrogen-bond acceptors (Lipinski definition) is 4. The summed E-state index contributed by atoms with van der Waals surface area (Å²) in [6.07, 6.45) is -4.43. The molecular formula is C34H17F3N6. The molecule has 0 aliphatic carbocycles. The van der Waals surface area contributed by atoms with Crippen LogP contribution in [0.1, 0.15) is 11.1 Å². The molecule has 0 radical (unpaired) electrons. The topological polar surface area (TPSA) is 59.2 Å². The SMILES string of the molecule is [C-]#[N+]/N=c1/c2cc(-c3ccc(C(F)(F)F)cc3)ccc2c2nc3/c(=N/[N+]#[C-])c4cc(-c5cccc(C)c5)ccc4c3nc12. The van der Waals surface area contributed by atoms with E-state index >= 15 is 0 Å². The van der Waals surface area contributed by atoms with Crippen LogP contribution in [0.4, 0.5) is 13.2 Å². The van der Waals surface area contributed by atoms with E-state index in [4.69, 9.17) is 23.1 Å². The van der Waals surface area contributed by atoms with Gasteiger partial charge in [0.2, 0.25) is 0 Å². The summed E-state index contributed by atoms with van der Waals surface area (Å²) in [7, 11) is 0. The Balaban J connectivity index is 1.49. The molecule has 0 bridgehead atoms. The van der Waals surface area contributed by atoms with E-state index in [-0.39, 0.29) is 0 Å². The second kappa shape index (κ2) is 9.57. The first-order chi connectivity index (χ1) is 20.8. The van der Waals surface area contributed by atoms with Crippen molar-refractivity contribution in [1.29, 1.82) is 0 Å². The van der Waals surface area contributed by atoms with Crippen molar-refractivity contribution in [1.82, 2.24) is 9.97 Å². The highest BCUT2D eigenvalue weighted by molar-refractivity contribution is 6.15. The summed E-state index contributed by atoms with van der Waals surface area (Å²) in [5, 5.41) is 11.7. The van der Waals surface area contributed by atoms with Crippen LogP contribution in [0.3, 0.4) is 0 Å². The number of nitrogens with zero attached hydrogens (tertiary/aromatic N) is 6. The molecule has 0 amide bonds. The Labute approximate surface area is 242 Å². The number of halogens is 3. The van der Waals surface area contributed by atoms with Gasteiger partial charge in [-0.2, -0.15) is 26.3 Å². The third-order valence-corrected chi connectivity index (χ3v) is 7.60. The molecule has 0 atom stereocenters. The van der Waals surface area contributed by atoms with Gasteiger partial charge in [-0.15, -0.1) is 9.91 Å². The lowest BCUT2D eigenvalue weighted by Gasteiger charge is -2.08. The molecule has 0 fully saturated rings. The Hall–Kier alpha value is -5.93. The first kappa shape index (κ1) is 26.0. The lowest BCUT2D eigenvalue weighted by Crippen LogP contribution is -2.04. The molecule has 0 spiro atoms. The van der Waals surface area contributed by atoms with Crippen molar-refractivity contribution in [3.8, 4) is 22.3 Å². The van der Waals surface area contributed by atoms with E-state index in [1.54, 1.807) is 18.2 Å². The van der Waals surface area contributed by atoms with Gasteiger partial charge >= 0.3 is 6.18 Å². The number of rotatable bonds is 2. The number of alkyl halides is 3. The van der Waals surface area contributed by atoms with Crippen molar-refractivity contribution in [2.45, 2.75) is 13.1 Å². The van der Waals surface area contributed by atoms with Gasteiger partial charge < -0.3 is 0 Å². The summed E-state index contributed by atoms with van der Waals surface area (Å²) in [4.78, 5) is 16.5. The monoisotopic (exact) mass is 566 g/mol. The van der Waals surface area contributed by atoms with Crippen molar-refractivity contribution >= 4 is 43.6 Å². The van der Waals surface area contributed by atoms with E-state index < -0.39 is 11.7 Å². The molecule has 6 aromatic carbocycles. The van der Waals surface area contributed by atoms with Crippen LogP contribution >= 0.6 is 0 Å². The van der Waals surface area contributed by atoms with Gasteiger partial charge in [-0.25, -0.2) is 9.97 Å². The Morgan fingerprint density at radius 2 is 1.07 bits per heavy atom. The summed E-state index contributed by atoms with van der Waals surface area (Å²) in [6, 6.07) is 24.3. The van der Waals surface area contributed by atoms with E-state index in [1.165, 1.54) is 12.1 Å². The van der Waals surface area contributed by atoms with Gasteiger partial charge in [0.05, 0.1) is 26.8 Å². The van der Waals surface area contributed by atoms with Gasteiger partial charge in [0, 0.05) is 21.5 Å². The lowest BCUT2D eigenvalue weighted by atomic mass is 10.0. The number of fused-ring (bicyclic) bond motifs is 6. The van der Waals surface area contributed by atoms with E-state index in [0.29, 0.717) is 54.7 Å². The highest BCUT2D eigenvalue weighted by Gasteiger charge is 2.30. The van der Waals surface area contributed by atoms with Crippen LogP contribution < -0.4 is 10.7 Å². The summed E-state index contributed by atoms with van der Waals surface area (Å²) in [6.45, 7) is 17.0. The molecular weight excluding hydrogens is 549 g/mol. The maximum atomic E-state index is 13.1. The van der Waals surface area contributed by atoms with Gasteiger partial charge in [-0.3, -0.25) is 0 Å². The number of benzene rings is 4. The molecule has 7 rings (SSSR count). The highest BCUT2D eigenvalue weighted by Crippen LogP contribution is 2.34. The van der Waals surface area contributed by atoms with Crippen molar-refractivity contribution in [2.24, 2.45) is 10.2 Å². The summed E-state index contributed by atoms with van der Waals surface area (Å²) in [5.74, 6) is 0. The molecule has 0 aliphatic rings. The third-order valence-electron chi connectivity index (χ3n) is 7.60. The number of hydrogen-bond donors (Lipinski definition) is 0. The van der Waals surface area contributed by atoms with Crippen LogP contribution in [0.2, 0.25) is 0 Å². The second-order valence-electron chi connectivity index (χ2n) is 10.2. The zero-order valence-corrected chi connectivity index (χ0v) is 22.4.